The average Bonchev–Trinajstić information content (AvgIpc) is 2.24. The Morgan fingerprint density at radius 1 is 1.47 bits per heavy atom. The number of hydrogen-bond donors (Lipinski definition) is 1. The van der Waals surface area contributed by atoms with Gasteiger partial charge in [-0.15, -0.1) is 0 Å². The van der Waals surface area contributed by atoms with Crippen LogP contribution in [0.1, 0.15) is 13.3 Å². The topological polar surface area (TPSA) is 69.7 Å². The molecule has 0 aromatic heterocycles. The Hall–Kier alpha value is -0.900. The fourth-order valence-electron chi connectivity index (χ4n) is 0.938. The Kier molecular flexibility index (Phi) is 6.70. The molecular weight excluding hydrogens is 309 g/mol. The summed E-state index contributed by atoms with van der Waals surface area (Å²) >= 11 is 3.38. The zero-order chi connectivity index (χ0) is 15.3. The van der Waals surface area contributed by atoms with E-state index in [1.165, 1.54) is 13.0 Å². The van der Waals surface area contributed by atoms with Crippen LogP contribution in [0.4, 0.5) is 18.0 Å². The van der Waals surface area contributed by atoms with Crippen LogP contribution in [0.25, 0.3) is 0 Å². The van der Waals surface area contributed by atoms with Gasteiger partial charge in [-0.1, -0.05) is 12.7 Å². The number of halogens is 3. The first kappa shape index (κ1) is 18.1. The first-order chi connectivity index (χ1) is 8.52. The Morgan fingerprint density at radius 3 is 2.42 bits per heavy atom. The van der Waals surface area contributed by atoms with Crippen LogP contribution in [-0.4, -0.2) is 37.4 Å². The van der Waals surface area contributed by atoms with Gasteiger partial charge in [0, 0.05) is 6.42 Å². The van der Waals surface area contributed by atoms with E-state index in [1.807, 2.05) is 0 Å². The van der Waals surface area contributed by atoms with Crippen molar-refractivity contribution in [2.24, 2.45) is 0 Å². The summed E-state index contributed by atoms with van der Waals surface area (Å²) in [5.74, 6) is 0. The maximum Gasteiger partial charge on any atom is 0.508 e. The first-order valence-electron chi connectivity index (χ1n) is 4.95. The lowest BCUT2D eigenvalue weighted by Gasteiger charge is -2.18. The van der Waals surface area contributed by atoms with Crippen molar-refractivity contribution in [3.05, 3.63) is 12.7 Å². The van der Waals surface area contributed by atoms with Gasteiger partial charge < -0.3 is 9.47 Å². The summed E-state index contributed by atoms with van der Waals surface area (Å²) in [6.45, 7) is 4.37. The molecule has 0 aromatic carbocycles. The van der Waals surface area contributed by atoms with Crippen LogP contribution < -0.4 is 0 Å². The molecular formula is C9H13F3O5S2. The Balaban J connectivity index is 4.46. The minimum atomic E-state index is -5.41. The Morgan fingerprint density at radius 2 is 2.00 bits per heavy atom. The minimum Gasteiger partial charge on any atom is -0.431 e. The summed E-state index contributed by atoms with van der Waals surface area (Å²) in [4.78, 5) is 11.0. The van der Waals surface area contributed by atoms with E-state index in [4.69, 9.17) is 0 Å². The number of thiol groups is 1. The molecule has 0 saturated heterocycles. The highest BCUT2D eigenvalue weighted by Crippen LogP contribution is 2.31. The van der Waals surface area contributed by atoms with Crippen LogP contribution in [-0.2, 0) is 19.3 Å². The van der Waals surface area contributed by atoms with Crippen molar-refractivity contribution in [3.63, 3.8) is 0 Å². The molecule has 0 aliphatic heterocycles. The van der Waals surface area contributed by atoms with Gasteiger partial charge in [-0.05, 0) is 6.92 Å². The summed E-state index contributed by atoms with van der Waals surface area (Å²) < 4.78 is 65.4. The van der Waals surface area contributed by atoms with E-state index in [0.717, 1.165) is 0 Å². The van der Waals surface area contributed by atoms with Gasteiger partial charge in [-0.2, -0.15) is 25.8 Å². The largest absolute Gasteiger partial charge is 0.508 e. The maximum absolute atomic E-state index is 12.2. The van der Waals surface area contributed by atoms with E-state index in [-0.39, 0.29) is 6.61 Å². The van der Waals surface area contributed by atoms with E-state index < -0.39 is 38.6 Å². The van der Waals surface area contributed by atoms with Gasteiger partial charge in [-0.25, -0.2) is 13.2 Å². The fraction of sp³-hybridized carbons (Fsp3) is 0.667. The number of alkyl halides is 3. The van der Waals surface area contributed by atoms with Crippen LogP contribution in [0.2, 0.25) is 0 Å². The molecule has 0 bridgehead atoms. The summed E-state index contributed by atoms with van der Waals surface area (Å²) in [6, 6.07) is 0. The van der Waals surface area contributed by atoms with E-state index in [0.29, 0.717) is 0 Å². The number of carbonyl (C=O) groups is 1. The molecule has 0 N–H and O–H groups in total. The fourth-order valence-corrected chi connectivity index (χ4v) is 2.43. The monoisotopic (exact) mass is 322 g/mol. The molecule has 0 radical (unpaired) electrons. The highest BCUT2D eigenvalue weighted by Gasteiger charge is 2.49. The molecule has 10 heteroatoms. The molecule has 2 atom stereocenters. The molecule has 19 heavy (non-hydrogen) atoms. The molecule has 0 fully saturated rings. The Labute approximate surface area is 114 Å². The molecule has 0 aliphatic carbocycles. The molecule has 0 spiro atoms. The quantitative estimate of drug-likeness (QED) is 0.462. The van der Waals surface area contributed by atoms with Crippen LogP contribution in [0.5, 0.6) is 0 Å². The maximum atomic E-state index is 12.2. The van der Waals surface area contributed by atoms with Crippen molar-refractivity contribution in [2.75, 3.05) is 6.61 Å². The molecule has 0 heterocycles. The average molecular weight is 322 g/mol. The van der Waals surface area contributed by atoms with Gasteiger partial charge >= 0.3 is 11.7 Å². The molecule has 0 rings (SSSR count). The molecule has 0 saturated carbocycles. The zero-order valence-electron chi connectivity index (χ0n) is 9.88. The predicted octanol–water partition coefficient (Wildman–Crippen LogP) is 2.29. The highest BCUT2D eigenvalue weighted by atomic mass is 32.2. The summed E-state index contributed by atoms with van der Waals surface area (Å²) in [7, 11) is -5.41. The van der Waals surface area contributed by atoms with Gasteiger partial charge in [0.1, 0.15) is 17.3 Å². The first-order valence-corrected chi connectivity index (χ1v) is 7.01. The van der Waals surface area contributed by atoms with Crippen LogP contribution in [0, 0.1) is 0 Å². The second kappa shape index (κ2) is 7.04. The van der Waals surface area contributed by atoms with Crippen molar-refractivity contribution >= 4 is 28.6 Å². The number of hydrogen-bond acceptors (Lipinski definition) is 6. The lowest BCUT2D eigenvalue weighted by molar-refractivity contribution is -0.0440. The third kappa shape index (κ3) is 5.72. The van der Waals surface area contributed by atoms with Crippen LogP contribution in [0.15, 0.2) is 12.7 Å². The normalized spacial score (nSPS) is 15.4. The lowest BCUT2D eigenvalue weighted by Crippen LogP contribution is -2.33. The third-order valence-electron chi connectivity index (χ3n) is 1.83. The lowest BCUT2D eigenvalue weighted by atomic mass is 10.3. The summed E-state index contributed by atoms with van der Waals surface area (Å²) in [5, 5.41) is 0. The molecule has 0 aliphatic rings. The number of rotatable bonds is 6. The van der Waals surface area contributed by atoms with Crippen molar-refractivity contribution in [1.82, 2.24) is 0 Å². The minimum absolute atomic E-state index is 0.128. The molecule has 2 unspecified atom stereocenters. The van der Waals surface area contributed by atoms with Crippen LogP contribution in [0.3, 0.4) is 0 Å². The molecule has 0 aromatic rings. The van der Waals surface area contributed by atoms with Crippen molar-refractivity contribution < 1.29 is 35.9 Å². The number of ether oxygens (including phenoxy) is 2. The standard InChI is InChI=1S/C9H13F3O5S2/c1-3-4-16-8(13)17-6(2)5-7(18)19(14,15)9(10,11)12/h3,6-7,18H,1,4-5H2,2H3. The van der Waals surface area contributed by atoms with E-state index in [9.17, 15) is 26.4 Å². The van der Waals surface area contributed by atoms with Crippen molar-refractivity contribution in [3.8, 4) is 0 Å². The van der Waals surface area contributed by atoms with Crippen molar-refractivity contribution in [1.29, 1.82) is 0 Å². The molecule has 112 valence electrons. The van der Waals surface area contributed by atoms with Gasteiger partial charge in [0.2, 0.25) is 0 Å². The van der Waals surface area contributed by atoms with Gasteiger partial charge in [0.25, 0.3) is 9.84 Å². The number of carbonyl (C=O) groups excluding carboxylic acids is 1. The second-order valence-corrected chi connectivity index (χ2v) is 6.55. The second-order valence-electron chi connectivity index (χ2n) is 3.46. The predicted molar refractivity (Wildman–Crippen MR) is 64.5 cm³/mol. The van der Waals surface area contributed by atoms with E-state index in [2.05, 4.69) is 28.7 Å². The van der Waals surface area contributed by atoms with Gasteiger partial charge in [-0.3, -0.25) is 0 Å². The number of sulfone groups is 1. The molecule has 0 amide bonds. The molecule has 5 nitrogen and oxygen atoms in total. The summed E-state index contributed by atoms with van der Waals surface area (Å²) in [6.07, 6.45) is -1.58. The highest BCUT2D eigenvalue weighted by molar-refractivity contribution is 8.05. The smallest absolute Gasteiger partial charge is 0.431 e. The van der Waals surface area contributed by atoms with Crippen LogP contribution >= 0.6 is 12.6 Å². The Bertz CT molecular complexity index is 418. The van der Waals surface area contributed by atoms with Gasteiger partial charge in [0.05, 0.1) is 0 Å². The van der Waals surface area contributed by atoms with E-state index >= 15 is 0 Å². The zero-order valence-corrected chi connectivity index (χ0v) is 11.6. The summed E-state index contributed by atoms with van der Waals surface area (Å²) in [5.41, 5.74) is -5.40. The third-order valence-corrected chi connectivity index (χ3v) is 4.43. The van der Waals surface area contributed by atoms with Crippen molar-refractivity contribution in [2.45, 2.75) is 29.5 Å². The SMILES string of the molecule is C=CCOC(=O)OC(C)CC(S)S(=O)(=O)C(F)(F)F. The van der Waals surface area contributed by atoms with E-state index in [1.54, 1.807) is 0 Å². The van der Waals surface area contributed by atoms with Gasteiger partial charge in [0.15, 0.2) is 0 Å².